The minimum Gasteiger partial charge on any atom is -0.366 e. The van der Waals surface area contributed by atoms with E-state index >= 15 is 0 Å². The number of hydrogen-bond acceptors (Lipinski definition) is 4. The number of hydrogen-bond donors (Lipinski definition) is 1. The first kappa shape index (κ1) is 15.7. The molecule has 6 heteroatoms. The van der Waals surface area contributed by atoms with Crippen LogP contribution in [0.4, 0.5) is 0 Å². The molecular formula is C17H20N4OS. The number of primary amides is 1. The number of nitrogens with two attached hydrogens (primary N) is 1. The molecule has 23 heavy (non-hydrogen) atoms. The Morgan fingerprint density at radius 2 is 2.13 bits per heavy atom. The standard InChI is InChI=1S/C17H20N4OS/c1-3-12(4-2)21-15-6-5-11(17(18)22)7-14(15)20-16(21)8-13-9-19-10-23-13/h5-7,9-10,12H,3-4,8H2,1-2H3,(H2,18,22). The van der Waals surface area contributed by atoms with E-state index in [9.17, 15) is 4.79 Å². The number of amides is 1. The van der Waals surface area contributed by atoms with E-state index in [-0.39, 0.29) is 0 Å². The Bertz CT molecular complexity index is 819. The van der Waals surface area contributed by atoms with Crippen LogP contribution in [0.25, 0.3) is 11.0 Å². The SMILES string of the molecule is CCC(CC)n1c(Cc2cncs2)nc2cc(C(N)=O)ccc21. The monoisotopic (exact) mass is 328 g/mol. The average Bonchev–Trinajstić information content (AvgIpc) is 3.16. The molecule has 1 amide bonds. The summed E-state index contributed by atoms with van der Waals surface area (Å²) in [6, 6.07) is 5.91. The third kappa shape index (κ3) is 2.99. The van der Waals surface area contributed by atoms with Gasteiger partial charge >= 0.3 is 0 Å². The predicted octanol–water partition coefficient (Wildman–Crippen LogP) is 3.54. The summed E-state index contributed by atoms with van der Waals surface area (Å²) in [5, 5.41) is 0. The molecule has 5 nitrogen and oxygen atoms in total. The molecule has 0 aliphatic rings. The summed E-state index contributed by atoms with van der Waals surface area (Å²) < 4.78 is 2.31. The lowest BCUT2D eigenvalue weighted by molar-refractivity contribution is 0.100. The number of rotatable bonds is 6. The van der Waals surface area contributed by atoms with Crippen LogP contribution >= 0.6 is 11.3 Å². The van der Waals surface area contributed by atoms with Crippen LogP contribution in [0.3, 0.4) is 0 Å². The molecule has 2 heterocycles. The third-order valence-electron chi connectivity index (χ3n) is 4.17. The van der Waals surface area contributed by atoms with Gasteiger partial charge in [0.15, 0.2) is 0 Å². The normalized spacial score (nSPS) is 11.4. The zero-order valence-corrected chi connectivity index (χ0v) is 14.1. The Kier molecular flexibility index (Phi) is 4.43. The molecule has 0 spiro atoms. The second-order valence-electron chi connectivity index (χ2n) is 5.58. The summed E-state index contributed by atoms with van der Waals surface area (Å²) in [7, 11) is 0. The van der Waals surface area contributed by atoms with E-state index in [0.29, 0.717) is 11.6 Å². The molecule has 0 atom stereocenters. The van der Waals surface area contributed by atoms with Crippen molar-refractivity contribution in [3.63, 3.8) is 0 Å². The molecule has 0 aliphatic carbocycles. The Hall–Kier alpha value is -2.21. The Labute approximate surface area is 139 Å². The fourth-order valence-corrected chi connectivity index (χ4v) is 3.56. The summed E-state index contributed by atoms with van der Waals surface area (Å²) in [4.78, 5) is 21.5. The summed E-state index contributed by atoms with van der Waals surface area (Å²) >= 11 is 1.63. The van der Waals surface area contributed by atoms with Crippen molar-refractivity contribution in [2.45, 2.75) is 39.2 Å². The second-order valence-corrected chi connectivity index (χ2v) is 6.55. The van der Waals surface area contributed by atoms with E-state index in [0.717, 1.165) is 36.1 Å². The quantitative estimate of drug-likeness (QED) is 0.752. The van der Waals surface area contributed by atoms with Gasteiger partial charge in [-0.15, -0.1) is 11.3 Å². The molecule has 0 saturated heterocycles. The van der Waals surface area contributed by atoms with Crippen LogP contribution in [0.5, 0.6) is 0 Å². The van der Waals surface area contributed by atoms with Crippen molar-refractivity contribution in [3.8, 4) is 0 Å². The van der Waals surface area contributed by atoms with Crippen LogP contribution in [0.1, 0.15) is 53.8 Å². The van der Waals surface area contributed by atoms with Gasteiger partial charge in [0.25, 0.3) is 0 Å². The number of imidazole rings is 1. The number of nitrogens with zero attached hydrogens (tertiary/aromatic N) is 3. The highest BCUT2D eigenvalue weighted by atomic mass is 32.1. The molecule has 1 aromatic carbocycles. The second kappa shape index (κ2) is 6.50. The molecule has 0 bridgehead atoms. The van der Waals surface area contributed by atoms with Gasteiger partial charge in [-0.3, -0.25) is 9.78 Å². The topological polar surface area (TPSA) is 73.8 Å². The number of thiazole rings is 1. The van der Waals surface area contributed by atoms with Gasteiger partial charge in [-0.2, -0.15) is 0 Å². The molecule has 2 N–H and O–H groups in total. The van der Waals surface area contributed by atoms with Gasteiger partial charge in [-0.1, -0.05) is 13.8 Å². The Morgan fingerprint density at radius 3 is 2.74 bits per heavy atom. The van der Waals surface area contributed by atoms with E-state index in [1.54, 1.807) is 23.5 Å². The molecule has 0 saturated carbocycles. The largest absolute Gasteiger partial charge is 0.366 e. The summed E-state index contributed by atoms with van der Waals surface area (Å²) in [5.74, 6) is 0.590. The van der Waals surface area contributed by atoms with Gasteiger partial charge in [0.1, 0.15) is 5.82 Å². The van der Waals surface area contributed by atoms with Crippen LogP contribution in [-0.2, 0) is 6.42 Å². The van der Waals surface area contributed by atoms with Gasteiger partial charge in [0, 0.05) is 29.1 Å². The first-order chi connectivity index (χ1) is 11.1. The van der Waals surface area contributed by atoms with E-state index in [1.807, 2.05) is 17.8 Å². The Morgan fingerprint density at radius 1 is 1.35 bits per heavy atom. The Balaban J connectivity index is 2.15. The van der Waals surface area contributed by atoms with Crippen molar-refractivity contribution in [1.82, 2.24) is 14.5 Å². The smallest absolute Gasteiger partial charge is 0.248 e. The van der Waals surface area contributed by atoms with Crippen LogP contribution in [-0.4, -0.2) is 20.4 Å². The van der Waals surface area contributed by atoms with E-state index < -0.39 is 5.91 Å². The van der Waals surface area contributed by atoms with Crippen molar-refractivity contribution in [3.05, 3.63) is 46.2 Å². The fraction of sp³-hybridized carbons (Fsp3) is 0.353. The predicted molar refractivity (Wildman–Crippen MR) is 92.8 cm³/mol. The maximum Gasteiger partial charge on any atom is 0.248 e. The zero-order valence-electron chi connectivity index (χ0n) is 13.3. The molecule has 0 aliphatic heterocycles. The van der Waals surface area contributed by atoms with Gasteiger partial charge in [0.05, 0.1) is 16.5 Å². The average molecular weight is 328 g/mol. The van der Waals surface area contributed by atoms with Gasteiger partial charge < -0.3 is 10.3 Å². The van der Waals surface area contributed by atoms with E-state index in [4.69, 9.17) is 10.7 Å². The molecular weight excluding hydrogens is 308 g/mol. The first-order valence-electron chi connectivity index (χ1n) is 7.82. The van der Waals surface area contributed by atoms with Gasteiger partial charge in [-0.05, 0) is 31.0 Å². The highest BCUT2D eigenvalue weighted by molar-refractivity contribution is 7.09. The van der Waals surface area contributed by atoms with Gasteiger partial charge in [0.2, 0.25) is 5.91 Å². The van der Waals surface area contributed by atoms with E-state index in [1.165, 1.54) is 4.88 Å². The van der Waals surface area contributed by atoms with E-state index in [2.05, 4.69) is 23.4 Å². The van der Waals surface area contributed by atoms with Crippen molar-refractivity contribution in [1.29, 1.82) is 0 Å². The van der Waals surface area contributed by atoms with Crippen molar-refractivity contribution in [2.75, 3.05) is 0 Å². The first-order valence-corrected chi connectivity index (χ1v) is 8.70. The lowest BCUT2D eigenvalue weighted by Gasteiger charge is -2.18. The highest BCUT2D eigenvalue weighted by Gasteiger charge is 2.18. The molecule has 0 fully saturated rings. The van der Waals surface area contributed by atoms with Crippen LogP contribution in [0.15, 0.2) is 29.9 Å². The van der Waals surface area contributed by atoms with Crippen LogP contribution < -0.4 is 5.73 Å². The number of carbonyl (C=O) groups is 1. The van der Waals surface area contributed by atoms with Crippen LogP contribution in [0, 0.1) is 0 Å². The number of benzene rings is 1. The number of aromatic nitrogens is 3. The van der Waals surface area contributed by atoms with Gasteiger partial charge in [-0.25, -0.2) is 4.98 Å². The molecule has 2 aromatic heterocycles. The maximum atomic E-state index is 11.4. The lowest BCUT2D eigenvalue weighted by Crippen LogP contribution is -2.12. The molecule has 0 radical (unpaired) electrons. The molecule has 120 valence electrons. The third-order valence-corrected chi connectivity index (χ3v) is 4.95. The molecule has 0 unspecified atom stereocenters. The number of carbonyl (C=O) groups excluding carboxylic acids is 1. The minimum atomic E-state index is -0.423. The van der Waals surface area contributed by atoms with Crippen LogP contribution in [0.2, 0.25) is 0 Å². The maximum absolute atomic E-state index is 11.4. The fourth-order valence-electron chi connectivity index (χ4n) is 2.97. The van der Waals surface area contributed by atoms with Crippen molar-refractivity contribution in [2.24, 2.45) is 5.73 Å². The highest BCUT2D eigenvalue weighted by Crippen LogP contribution is 2.28. The molecule has 3 aromatic rings. The zero-order chi connectivity index (χ0) is 16.4. The molecule has 3 rings (SSSR count). The minimum absolute atomic E-state index is 0.391. The van der Waals surface area contributed by atoms with Crippen molar-refractivity contribution >= 4 is 28.3 Å². The summed E-state index contributed by atoms with van der Waals surface area (Å²) in [5.41, 5.74) is 9.61. The summed E-state index contributed by atoms with van der Waals surface area (Å²) in [6.07, 6.45) is 4.71. The lowest BCUT2D eigenvalue weighted by atomic mass is 10.1. The summed E-state index contributed by atoms with van der Waals surface area (Å²) in [6.45, 7) is 4.38. The van der Waals surface area contributed by atoms with Crippen molar-refractivity contribution < 1.29 is 4.79 Å². The number of fused-ring (bicyclic) bond motifs is 1.